The maximum absolute atomic E-state index is 13.8. The van der Waals surface area contributed by atoms with Gasteiger partial charge in [0.05, 0.1) is 11.1 Å². The number of alkyl halides is 3. The fourth-order valence-corrected chi connectivity index (χ4v) is 6.00. The molecule has 36 heavy (non-hydrogen) atoms. The number of hydrogen-bond acceptors (Lipinski definition) is 3. The summed E-state index contributed by atoms with van der Waals surface area (Å²) in [6.45, 7) is 3.44. The maximum Gasteiger partial charge on any atom is 0.416 e. The average molecular weight is 511 g/mol. The standard InChI is InChI=1S/C26H37F3N4O3/c1-25(2)22(33(36)23(34)30-20-12-5-3-6-13-20)32(21-14-7-4-8-15-21)24(35)31(25)17-18-10-9-11-19(16-18)26(27,28)29/h9-11,16,20-22,36H,3-8,12-15,17H2,1-2H3,(H,30,34)/t22-/m0/s1. The lowest BCUT2D eigenvalue weighted by Crippen LogP contribution is -2.61. The molecule has 1 atom stereocenters. The smallest absolute Gasteiger partial charge is 0.333 e. The molecule has 1 heterocycles. The largest absolute Gasteiger partial charge is 0.416 e. The Kier molecular flexibility index (Phi) is 7.73. The van der Waals surface area contributed by atoms with E-state index in [2.05, 4.69) is 5.32 Å². The Balaban J connectivity index is 1.61. The maximum atomic E-state index is 13.8. The highest BCUT2D eigenvalue weighted by Gasteiger charge is 2.57. The summed E-state index contributed by atoms with van der Waals surface area (Å²) in [6, 6.07) is 3.75. The van der Waals surface area contributed by atoms with Crippen LogP contribution in [0.3, 0.4) is 0 Å². The minimum absolute atomic E-state index is 0.0227. The van der Waals surface area contributed by atoms with E-state index in [9.17, 15) is 28.0 Å². The van der Waals surface area contributed by atoms with Gasteiger partial charge in [-0.25, -0.2) is 9.59 Å². The average Bonchev–Trinajstić information content (AvgIpc) is 3.04. The number of halogens is 3. The van der Waals surface area contributed by atoms with E-state index >= 15 is 0 Å². The molecule has 1 aromatic rings. The van der Waals surface area contributed by atoms with Gasteiger partial charge < -0.3 is 10.2 Å². The number of hydrogen-bond donors (Lipinski definition) is 2. The molecule has 7 nitrogen and oxygen atoms in total. The molecule has 0 spiro atoms. The molecular weight excluding hydrogens is 473 g/mol. The highest BCUT2D eigenvalue weighted by atomic mass is 19.4. The molecular formula is C26H37F3N4O3. The Morgan fingerprint density at radius 1 is 1.08 bits per heavy atom. The van der Waals surface area contributed by atoms with Crippen molar-refractivity contribution in [1.82, 2.24) is 20.2 Å². The molecule has 2 aliphatic carbocycles. The molecule has 4 amide bonds. The zero-order chi connectivity index (χ0) is 26.1. The summed E-state index contributed by atoms with van der Waals surface area (Å²) in [4.78, 5) is 30.0. The number of hydroxylamine groups is 2. The number of rotatable bonds is 5. The fraction of sp³-hybridized carbons (Fsp3) is 0.692. The summed E-state index contributed by atoms with van der Waals surface area (Å²) in [7, 11) is 0. The third-order valence-electron chi connectivity index (χ3n) is 7.98. The Morgan fingerprint density at radius 3 is 2.31 bits per heavy atom. The van der Waals surface area contributed by atoms with Crippen LogP contribution in [0.25, 0.3) is 0 Å². The first-order valence-electron chi connectivity index (χ1n) is 13.0. The predicted octanol–water partition coefficient (Wildman–Crippen LogP) is 6.11. The van der Waals surface area contributed by atoms with Crippen LogP contribution >= 0.6 is 0 Å². The van der Waals surface area contributed by atoms with Crippen molar-refractivity contribution in [1.29, 1.82) is 0 Å². The van der Waals surface area contributed by atoms with Crippen LogP contribution in [0.15, 0.2) is 24.3 Å². The van der Waals surface area contributed by atoms with Crippen molar-refractivity contribution >= 4 is 12.1 Å². The first-order chi connectivity index (χ1) is 17.0. The normalized spacial score (nSPS) is 23.7. The lowest BCUT2D eigenvalue weighted by Gasteiger charge is -2.41. The second-order valence-electron chi connectivity index (χ2n) is 10.9. The molecule has 0 unspecified atom stereocenters. The molecule has 0 bridgehead atoms. The van der Waals surface area contributed by atoms with Gasteiger partial charge in [0.25, 0.3) is 0 Å². The molecule has 4 rings (SSSR count). The highest BCUT2D eigenvalue weighted by molar-refractivity contribution is 5.81. The Bertz CT molecular complexity index is 943. The van der Waals surface area contributed by atoms with Crippen LogP contribution in [-0.4, -0.2) is 55.9 Å². The molecule has 200 valence electrons. The second kappa shape index (κ2) is 10.5. The topological polar surface area (TPSA) is 76.1 Å². The fourth-order valence-electron chi connectivity index (χ4n) is 6.00. The summed E-state index contributed by atoms with van der Waals surface area (Å²) >= 11 is 0. The third-order valence-corrected chi connectivity index (χ3v) is 7.98. The van der Waals surface area contributed by atoms with Gasteiger partial charge in [-0.1, -0.05) is 50.7 Å². The van der Waals surface area contributed by atoms with Crippen molar-refractivity contribution < 1.29 is 28.0 Å². The van der Waals surface area contributed by atoms with Crippen molar-refractivity contribution in [2.75, 3.05) is 0 Å². The van der Waals surface area contributed by atoms with E-state index in [1.54, 1.807) is 24.8 Å². The van der Waals surface area contributed by atoms with Crippen LogP contribution in [0.2, 0.25) is 0 Å². The second-order valence-corrected chi connectivity index (χ2v) is 10.9. The van der Waals surface area contributed by atoms with Crippen molar-refractivity contribution in [2.45, 2.75) is 115 Å². The van der Waals surface area contributed by atoms with Crippen molar-refractivity contribution in [3.63, 3.8) is 0 Å². The first-order valence-corrected chi connectivity index (χ1v) is 13.0. The molecule has 3 fully saturated rings. The number of nitrogens with zero attached hydrogens (tertiary/aromatic N) is 3. The van der Waals surface area contributed by atoms with E-state index in [4.69, 9.17) is 0 Å². The van der Waals surface area contributed by atoms with Crippen LogP contribution in [0.5, 0.6) is 0 Å². The summed E-state index contributed by atoms with van der Waals surface area (Å²) in [5, 5.41) is 14.8. The zero-order valence-electron chi connectivity index (χ0n) is 21.1. The van der Waals surface area contributed by atoms with E-state index in [1.807, 2.05) is 0 Å². The van der Waals surface area contributed by atoms with Crippen molar-refractivity contribution in [3.05, 3.63) is 35.4 Å². The number of amides is 4. The summed E-state index contributed by atoms with van der Waals surface area (Å²) in [6.07, 6.45) is 3.85. The molecule has 1 aromatic carbocycles. The minimum Gasteiger partial charge on any atom is -0.333 e. The van der Waals surface area contributed by atoms with Gasteiger partial charge >= 0.3 is 18.2 Å². The molecule has 2 saturated carbocycles. The molecule has 10 heteroatoms. The van der Waals surface area contributed by atoms with Crippen molar-refractivity contribution in [3.8, 4) is 0 Å². The highest BCUT2D eigenvalue weighted by Crippen LogP contribution is 2.40. The third kappa shape index (κ3) is 5.43. The van der Waals surface area contributed by atoms with Crippen LogP contribution in [0.1, 0.15) is 89.2 Å². The molecule has 1 saturated heterocycles. The summed E-state index contributed by atoms with van der Waals surface area (Å²) in [5.41, 5.74) is -1.49. The Labute approximate surface area is 210 Å². The van der Waals surface area contributed by atoms with Gasteiger partial charge in [0.15, 0.2) is 6.17 Å². The zero-order valence-corrected chi connectivity index (χ0v) is 21.1. The lowest BCUT2D eigenvalue weighted by atomic mass is 9.92. The quantitative estimate of drug-likeness (QED) is 0.371. The summed E-state index contributed by atoms with van der Waals surface area (Å²) in [5.74, 6) is 0. The molecule has 0 radical (unpaired) electrons. The minimum atomic E-state index is -4.49. The van der Waals surface area contributed by atoms with E-state index < -0.39 is 29.5 Å². The number of carbonyl (C=O) groups is 2. The van der Waals surface area contributed by atoms with E-state index in [-0.39, 0.29) is 24.7 Å². The van der Waals surface area contributed by atoms with Gasteiger partial charge in [-0.05, 0) is 57.2 Å². The number of nitrogens with one attached hydrogen (secondary N) is 1. The van der Waals surface area contributed by atoms with E-state index in [0.29, 0.717) is 10.6 Å². The lowest BCUT2D eigenvalue weighted by molar-refractivity contribution is -0.141. The Morgan fingerprint density at radius 2 is 1.69 bits per heavy atom. The van der Waals surface area contributed by atoms with Gasteiger partial charge in [0.1, 0.15) is 0 Å². The van der Waals surface area contributed by atoms with Gasteiger partial charge in [0.2, 0.25) is 0 Å². The van der Waals surface area contributed by atoms with Gasteiger partial charge in [-0.15, -0.1) is 0 Å². The molecule has 1 aliphatic heterocycles. The summed E-state index contributed by atoms with van der Waals surface area (Å²) < 4.78 is 39.9. The van der Waals surface area contributed by atoms with E-state index in [1.165, 1.54) is 11.0 Å². The number of urea groups is 2. The van der Waals surface area contributed by atoms with Crippen LogP contribution < -0.4 is 5.32 Å². The van der Waals surface area contributed by atoms with Crippen LogP contribution in [0, 0.1) is 0 Å². The first kappa shape index (κ1) is 26.6. The number of carbonyl (C=O) groups excluding carboxylic acids is 2. The predicted molar refractivity (Wildman–Crippen MR) is 128 cm³/mol. The van der Waals surface area contributed by atoms with Crippen LogP contribution in [-0.2, 0) is 12.7 Å². The van der Waals surface area contributed by atoms with Crippen molar-refractivity contribution in [2.24, 2.45) is 0 Å². The Hall–Kier alpha value is -2.49. The van der Waals surface area contributed by atoms with Gasteiger partial charge in [-0.2, -0.15) is 18.2 Å². The van der Waals surface area contributed by atoms with Crippen LogP contribution in [0.4, 0.5) is 22.8 Å². The van der Waals surface area contributed by atoms with E-state index in [0.717, 1.165) is 76.3 Å². The molecule has 0 aromatic heterocycles. The monoisotopic (exact) mass is 510 g/mol. The van der Waals surface area contributed by atoms with Gasteiger partial charge in [0, 0.05) is 18.6 Å². The van der Waals surface area contributed by atoms with Gasteiger partial charge in [-0.3, -0.25) is 10.1 Å². The SMILES string of the molecule is CC1(C)[C@H](N(O)C(=O)NC2CCCCC2)N(C2CCCCC2)C(=O)N1Cc1cccc(C(F)(F)F)c1. The molecule has 2 N–H and O–H groups in total. The number of benzene rings is 1. The molecule has 3 aliphatic rings.